The predicted molar refractivity (Wildman–Crippen MR) is 143 cm³/mol. The van der Waals surface area contributed by atoms with Gasteiger partial charge in [-0.25, -0.2) is 4.98 Å². The highest BCUT2D eigenvalue weighted by Crippen LogP contribution is 2.19. The first-order chi connectivity index (χ1) is 17.8. The number of nitrogens with zero attached hydrogens (tertiary/aromatic N) is 3. The summed E-state index contributed by atoms with van der Waals surface area (Å²) in [7, 11) is 2.10. The Kier molecular flexibility index (Phi) is 8.70. The van der Waals surface area contributed by atoms with Crippen LogP contribution in [0.4, 0.5) is 5.69 Å². The number of aromatic nitrogens is 2. The van der Waals surface area contributed by atoms with Crippen molar-refractivity contribution in [2.45, 2.75) is 19.4 Å². The van der Waals surface area contributed by atoms with E-state index < -0.39 is 5.91 Å². The van der Waals surface area contributed by atoms with Gasteiger partial charge >= 0.3 is 0 Å². The number of imidazole rings is 1. The van der Waals surface area contributed by atoms with Gasteiger partial charge in [-0.1, -0.05) is 35.9 Å². The average Bonchev–Trinajstić information content (AvgIpc) is 3.39. The molecule has 1 aliphatic rings. The summed E-state index contributed by atoms with van der Waals surface area (Å²) in [6, 6.07) is 14.1. The number of hydrogen-bond donors (Lipinski definition) is 3. The molecule has 0 saturated carbocycles. The number of hydrogen-bond acceptors (Lipinski definition) is 6. The standard InChI is InChI=1S/C27H31ClN6O3/c1-18(34-13-11-33(2)12-14-34)16-29-26(36)24-25(31-17-30-24)27(37)32-20-9-7-19(8-10-20)15-23(35)21-5-3-4-6-22(21)28/h3-10,17-18H,11-16H2,1-2H3,(H,29,36)(H,30,31)(H,32,37). The highest BCUT2D eigenvalue weighted by atomic mass is 35.5. The minimum Gasteiger partial charge on any atom is -0.349 e. The maximum atomic E-state index is 12.8. The Morgan fingerprint density at radius 1 is 1.03 bits per heavy atom. The van der Waals surface area contributed by atoms with Crippen LogP contribution in [-0.2, 0) is 6.42 Å². The van der Waals surface area contributed by atoms with Gasteiger partial charge in [0.2, 0.25) is 0 Å². The summed E-state index contributed by atoms with van der Waals surface area (Å²) < 4.78 is 0. The molecule has 2 amide bonds. The molecule has 3 aromatic rings. The second-order valence-corrected chi connectivity index (χ2v) is 9.66. The molecule has 1 aromatic heterocycles. The van der Waals surface area contributed by atoms with Crippen molar-refractivity contribution in [1.29, 1.82) is 0 Å². The maximum Gasteiger partial charge on any atom is 0.276 e. The normalized spacial score (nSPS) is 15.2. The van der Waals surface area contributed by atoms with Crippen molar-refractivity contribution in [3.63, 3.8) is 0 Å². The number of anilines is 1. The van der Waals surface area contributed by atoms with Crippen LogP contribution in [0.3, 0.4) is 0 Å². The summed E-state index contributed by atoms with van der Waals surface area (Å²) in [5.41, 5.74) is 1.92. The van der Waals surface area contributed by atoms with Gasteiger partial charge in [0.1, 0.15) is 5.69 Å². The van der Waals surface area contributed by atoms with Gasteiger partial charge in [-0.15, -0.1) is 0 Å². The summed E-state index contributed by atoms with van der Waals surface area (Å²) in [5.74, 6) is -0.966. The molecule has 2 aromatic carbocycles. The number of amides is 2. The van der Waals surface area contributed by atoms with Crippen molar-refractivity contribution in [3.05, 3.63) is 82.4 Å². The topological polar surface area (TPSA) is 110 Å². The van der Waals surface area contributed by atoms with Crippen molar-refractivity contribution >= 4 is 34.9 Å². The van der Waals surface area contributed by atoms with Crippen LogP contribution in [0.2, 0.25) is 5.02 Å². The van der Waals surface area contributed by atoms with Crippen molar-refractivity contribution in [2.24, 2.45) is 0 Å². The zero-order valence-corrected chi connectivity index (χ0v) is 21.7. The van der Waals surface area contributed by atoms with Crippen molar-refractivity contribution in [3.8, 4) is 0 Å². The molecule has 1 aliphatic heterocycles. The second-order valence-electron chi connectivity index (χ2n) is 9.26. The van der Waals surface area contributed by atoms with E-state index in [1.165, 1.54) is 6.33 Å². The summed E-state index contributed by atoms with van der Waals surface area (Å²) in [4.78, 5) is 49.6. The minimum atomic E-state index is -0.501. The number of rotatable bonds is 9. The van der Waals surface area contributed by atoms with Crippen LogP contribution in [0.5, 0.6) is 0 Å². The molecule has 0 aliphatic carbocycles. The lowest BCUT2D eigenvalue weighted by atomic mass is 10.0. The zero-order chi connectivity index (χ0) is 26.4. The van der Waals surface area contributed by atoms with Crippen LogP contribution >= 0.6 is 11.6 Å². The summed E-state index contributed by atoms with van der Waals surface area (Å²) >= 11 is 6.12. The monoisotopic (exact) mass is 522 g/mol. The van der Waals surface area contributed by atoms with E-state index in [0.29, 0.717) is 22.8 Å². The number of halogens is 1. The third-order valence-corrected chi connectivity index (χ3v) is 6.88. The Morgan fingerprint density at radius 3 is 2.43 bits per heavy atom. The van der Waals surface area contributed by atoms with Gasteiger partial charge in [0.15, 0.2) is 11.5 Å². The Balaban J connectivity index is 1.31. The van der Waals surface area contributed by atoms with Crippen LogP contribution in [0, 0.1) is 0 Å². The van der Waals surface area contributed by atoms with E-state index in [0.717, 1.165) is 31.7 Å². The van der Waals surface area contributed by atoms with Crippen LogP contribution in [0.15, 0.2) is 54.9 Å². The number of Topliss-reactive ketones (excluding diaryl/α,β-unsaturated/α-hetero) is 1. The fraction of sp³-hybridized carbons (Fsp3) is 0.333. The number of H-pyrrole nitrogens is 1. The van der Waals surface area contributed by atoms with Crippen LogP contribution in [0.1, 0.15) is 43.8 Å². The molecule has 10 heteroatoms. The first-order valence-corrected chi connectivity index (χ1v) is 12.6. The molecule has 194 valence electrons. The molecule has 2 heterocycles. The van der Waals surface area contributed by atoms with Crippen molar-refractivity contribution in [1.82, 2.24) is 25.1 Å². The number of carbonyl (C=O) groups is 3. The number of carbonyl (C=O) groups excluding carboxylic acids is 3. The Bertz CT molecular complexity index is 1250. The SMILES string of the molecule is CC(CNC(=O)c1[nH]cnc1C(=O)Nc1ccc(CC(=O)c2ccccc2Cl)cc1)N1CCN(C)CC1. The lowest BCUT2D eigenvalue weighted by Gasteiger charge is -2.36. The number of benzene rings is 2. The average molecular weight is 523 g/mol. The number of ketones is 1. The zero-order valence-electron chi connectivity index (χ0n) is 21.0. The fourth-order valence-electron chi connectivity index (χ4n) is 4.22. The minimum absolute atomic E-state index is 0.0164. The lowest BCUT2D eigenvalue weighted by molar-refractivity contribution is 0.0891. The Morgan fingerprint density at radius 2 is 1.73 bits per heavy atom. The van der Waals surface area contributed by atoms with E-state index in [4.69, 9.17) is 11.6 Å². The van der Waals surface area contributed by atoms with E-state index in [1.54, 1.807) is 48.5 Å². The van der Waals surface area contributed by atoms with Gasteiger partial charge in [0, 0.05) is 56.4 Å². The quantitative estimate of drug-likeness (QED) is 0.372. The lowest BCUT2D eigenvalue weighted by Crippen LogP contribution is -2.51. The molecule has 1 unspecified atom stereocenters. The smallest absolute Gasteiger partial charge is 0.276 e. The summed E-state index contributed by atoms with van der Waals surface area (Å²) in [6.45, 7) is 6.47. The third-order valence-electron chi connectivity index (χ3n) is 6.55. The fourth-order valence-corrected chi connectivity index (χ4v) is 4.47. The van der Waals surface area contributed by atoms with Crippen molar-refractivity contribution < 1.29 is 14.4 Å². The van der Waals surface area contributed by atoms with Crippen LogP contribution in [-0.4, -0.2) is 83.2 Å². The molecule has 37 heavy (non-hydrogen) atoms. The van der Waals surface area contributed by atoms with E-state index >= 15 is 0 Å². The maximum absolute atomic E-state index is 12.8. The van der Waals surface area contributed by atoms with Gasteiger partial charge in [0.25, 0.3) is 11.8 Å². The van der Waals surface area contributed by atoms with Crippen LogP contribution < -0.4 is 10.6 Å². The highest BCUT2D eigenvalue weighted by Gasteiger charge is 2.23. The van der Waals surface area contributed by atoms with Gasteiger partial charge < -0.3 is 20.5 Å². The molecule has 0 radical (unpaired) electrons. The molecule has 4 rings (SSSR count). The number of aromatic amines is 1. The van der Waals surface area contributed by atoms with E-state index in [1.807, 2.05) is 0 Å². The second kappa shape index (κ2) is 12.1. The largest absolute Gasteiger partial charge is 0.349 e. The Hall–Kier alpha value is -3.53. The first-order valence-electron chi connectivity index (χ1n) is 12.2. The molecular formula is C27H31ClN6O3. The molecule has 1 atom stereocenters. The number of nitrogens with one attached hydrogen (secondary N) is 3. The Labute approximate surface area is 221 Å². The molecule has 1 fully saturated rings. The van der Waals surface area contributed by atoms with Crippen molar-refractivity contribution in [2.75, 3.05) is 45.1 Å². The predicted octanol–water partition coefficient (Wildman–Crippen LogP) is 3.11. The summed E-state index contributed by atoms with van der Waals surface area (Å²) in [6.07, 6.45) is 1.52. The van der Waals surface area contributed by atoms with Gasteiger partial charge in [-0.3, -0.25) is 19.3 Å². The number of piperazine rings is 1. The van der Waals surface area contributed by atoms with E-state index in [-0.39, 0.29) is 35.5 Å². The third kappa shape index (κ3) is 6.82. The van der Waals surface area contributed by atoms with Gasteiger partial charge in [-0.05, 0) is 43.8 Å². The first kappa shape index (κ1) is 26.5. The summed E-state index contributed by atoms with van der Waals surface area (Å²) in [5, 5.41) is 6.09. The van der Waals surface area contributed by atoms with E-state index in [9.17, 15) is 14.4 Å². The van der Waals surface area contributed by atoms with E-state index in [2.05, 4.69) is 44.4 Å². The molecule has 3 N–H and O–H groups in total. The molecule has 1 saturated heterocycles. The number of likely N-dealkylation sites (N-methyl/N-ethyl adjacent to an activating group) is 1. The molecular weight excluding hydrogens is 492 g/mol. The molecule has 0 spiro atoms. The molecule has 0 bridgehead atoms. The van der Waals surface area contributed by atoms with Crippen LogP contribution in [0.25, 0.3) is 0 Å². The van der Waals surface area contributed by atoms with Gasteiger partial charge in [-0.2, -0.15) is 0 Å². The van der Waals surface area contributed by atoms with Gasteiger partial charge in [0.05, 0.1) is 11.3 Å². The highest BCUT2D eigenvalue weighted by molar-refractivity contribution is 6.34. The molecule has 9 nitrogen and oxygen atoms in total.